The molecular weight excluding hydrogens is 218 g/mol. The summed E-state index contributed by atoms with van der Waals surface area (Å²) in [5, 5.41) is 2.87. The van der Waals surface area contributed by atoms with E-state index in [-0.39, 0.29) is 6.03 Å². The zero-order valence-electron chi connectivity index (χ0n) is 10.4. The first kappa shape index (κ1) is 12.4. The zero-order chi connectivity index (χ0) is 12.3. The highest BCUT2D eigenvalue weighted by molar-refractivity contribution is 5.78. The van der Waals surface area contributed by atoms with Gasteiger partial charge in [-0.05, 0) is 13.0 Å². The molecule has 2 aliphatic rings. The van der Waals surface area contributed by atoms with Crippen LogP contribution < -0.4 is 5.32 Å². The first-order chi connectivity index (χ1) is 8.20. The summed E-state index contributed by atoms with van der Waals surface area (Å²) in [4.78, 5) is 26.9. The van der Waals surface area contributed by atoms with Gasteiger partial charge in [-0.3, -0.25) is 9.69 Å². The van der Waals surface area contributed by atoms with Gasteiger partial charge < -0.3 is 10.2 Å². The molecule has 2 aliphatic heterocycles. The van der Waals surface area contributed by atoms with Crippen molar-refractivity contribution in [3.05, 3.63) is 0 Å². The van der Waals surface area contributed by atoms with Crippen LogP contribution in [-0.4, -0.2) is 60.4 Å². The Hall–Kier alpha value is -1.10. The molecular formula is C12H21N3O2. The Bertz CT molecular complexity index is 306. The Balaban J connectivity index is 1.70. The van der Waals surface area contributed by atoms with E-state index in [0.29, 0.717) is 24.7 Å². The lowest BCUT2D eigenvalue weighted by Gasteiger charge is -2.36. The number of ketones is 1. The number of Topliss-reactive ketones (excluding diaryl/α,β-unsaturated/α-hetero) is 1. The van der Waals surface area contributed by atoms with Gasteiger partial charge in [0.1, 0.15) is 5.78 Å². The predicted molar refractivity (Wildman–Crippen MR) is 64.9 cm³/mol. The SMILES string of the molecule is CCC(=O)CCCN1CCN2C(=O)NCC2C1. The molecule has 2 saturated heterocycles. The molecule has 2 rings (SSSR count). The summed E-state index contributed by atoms with van der Waals surface area (Å²) in [5.74, 6) is 0.348. The summed E-state index contributed by atoms with van der Waals surface area (Å²) < 4.78 is 0. The van der Waals surface area contributed by atoms with Crippen LogP contribution in [0, 0.1) is 0 Å². The lowest BCUT2D eigenvalue weighted by atomic mass is 10.1. The second-order valence-electron chi connectivity index (χ2n) is 4.83. The number of fused-ring (bicyclic) bond motifs is 1. The molecule has 0 aromatic rings. The van der Waals surface area contributed by atoms with E-state index in [1.165, 1.54) is 0 Å². The van der Waals surface area contributed by atoms with Crippen LogP contribution in [0.1, 0.15) is 26.2 Å². The van der Waals surface area contributed by atoms with E-state index >= 15 is 0 Å². The Kier molecular flexibility index (Phi) is 3.99. The van der Waals surface area contributed by atoms with Crippen molar-refractivity contribution < 1.29 is 9.59 Å². The van der Waals surface area contributed by atoms with Gasteiger partial charge in [0.25, 0.3) is 0 Å². The molecule has 0 aromatic carbocycles. The summed E-state index contributed by atoms with van der Waals surface area (Å²) in [5.41, 5.74) is 0. The third-order valence-electron chi connectivity index (χ3n) is 3.64. The molecule has 17 heavy (non-hydrogen) atoms. The smallest absolute Gasteiger partial charge is 0.317 e. The molecule has 2 heterocycles. The highest BCUT2D eigenvalue weighted by Gasteiger charge is 2.34. The summed E-state index contributed by atoms with van der Waals surface area (Å²) in [6, 6.07) is 0.411. The van der Waals surface area contributed by atoms with Crippen molar-refractivity contribution in [2.75, 3.05) is 32.7 Å². The topological polar surface area (TPSA) is 52.7 Å². The molecule has 1 N–H and O–H groups in total. The summed E-state index contributed by atoms with van der Waals surface area (Å²) in [7, 11) is 0. The molecule has 0 radical (unpaired) electrons. The molecule has 2 fully saturated rings. The van der Waals surface area contributed by atoms with Crippen LogP contribution in [0.2, 0.25) is 0 Å². The number of hydrogen-bond acceptors (Lipinski definition) is 3. The van der Waals surface area contributed by atoms with Crippen molar-refractivity contribution in [1.29, 1.82) is 0 Å². The second-order valence-corrected chi connectivity index (χ2v) is 4.83. The summed E-state index contributed by atoms with van der Waals surface area (Å²) in [6.07, 6.45) is 2.29. The fraction of sp³-hybridized carbons (Fsp3) is 0.833. The highest BCUT2D eigenvalue weighted by Crippen LogP contribution is 2.14. The third kappa shape index (κ3) is 2.97. The van der Waals surface area contributed by atoms with E-state index < -0.39 is 0 Å². The molecule has 1 unspecified atom stereocenters. The second kappa shape index (κ2) is 5.49. The highest BCUT2D eigenvalue weighted by atomic mass is 16.2. The lowest BCUT2D eigenvalue weighted by molar-refractivity contribution is -0.118. The van der Waals surface area contributed by atoms with Crippen molar-refractivity contribution in [3.63, 3.8) is 0 Å². The predicted octanol–water partition coefficient (Wildman–Crippen LogP) is 0.455. The molecule has 0 aromatic heterocycles. The third-order valence-corrected chi connectivity index (χ3v) is 3.64. The molecule has 5 nitrogen and oxygen atoms in total. The van der Waals surface area contributed by atoms with Gasteiger partial charge in [0.15, 0.2) is 0 Å². The Morgan fingerprint density at radius 1 is 1.47 bits per heavy atom. The number of urea groups is 1. The van der Waals surface area contributed by atoms with Gasteiger partial charge in [0.05, 0.1) is 6.04 Å². The van der Waals surface area contributed by atoms with Gasteiger partial charge in [0.2, 0.25) is 0 Å². The number of nitrogens with one attached hydrogen (secondary N) is 1. The number of nitrogens with zero attached hydrogens (tertiary/aromatic N) is 2. The average Bonchev–Trinajstić information content (AvgIpc) is 2.70. The van der Waals surface area contributed by atoms with Gasteiger partial charge in [-0.2, -0.15) is 0 Å². The number of hydrogen-bond donors (Lipinski definition) is 1. The summed E-state index contributed by atoms with van der Waals surface area (Å²) in [6.45, 7) is 6.35. The van der Waals surface area contributed by atoms with Crippen LogP contribution in [-0.2, 0) is 4.79 Å². The van der Waals surface area contributed by atoms with Crippen LogP contribution >= 0.6 is 0 Å². The average molecular weight is 239 g/mol. The Labute approximate surface area is 102 Å². The maximum Gasteiger partial charge on any atom is 0.317 e. The van der Waals surface area contributed by atoms with Gasteiger partial charge in [0, 0.05) is 39.0 Å². The first-order valence-corrected chi connectivity index (χ1v) is 6.49. The van der Waals surface area contributed by atoms with Gasteiger partial charge >= 0.3 is 6.03 Å². The molecule has 2 amide bonds. The Morgan fingerprint density at radius 3 is 3.06 bits per heavy atom. The van der Waals surface area contributed by atoms with Gasteiger partial charge in [-0.1, -0.05) is 6.92 Å². The Morgan fingerprint density at radius 2 is 2.29 bits per heavy atom. The maximum atomic E-state index is 11.4. The van der Waals surface area contributed by atoms with Crippen LogP contribution in [0.5, 0.6) is 0 Å². The first-order valence-electron chi connectivity index (χ1n) is 6.49. The van der Waals surface area contributed by atoms with Crippen molar-refractivity contribution >= 4 is 11.8 Å². The fourth-order valence-electron chi connectivity index (χ4n) is 2.55. The molecule has 0 bridgehead atoms. The molecule has 5 heteroatoms. The zero-order valence-corrected chi connectivity index (χ0v) is 10.4. The number of amides is 2. The van der Waals surface area contributed by atoms with Crippen molar-refractivity contribution in [1.82, 2.24) is 15.1 Å². The molecule has 0 spiro atoms. The molecule has 1 atom stereocenters. The molecule has 96 valence electrons. The number of carbonyl (C=O) groups excluding carboxylic acids is 2. The maximum absolute atomic E-state index is 11.4. The van der Waals surface area contributed by atoms with Crippen LogP contribution in [0.4, 0.5) is 4.79 Å². The number of piperazine rings is 1. The minimum absolute atomic E-state index is 0.0795. The fourth-order valence-corrected chi connectivity index (χ4v) is 2.55. The van der Waals surface area contributed by atoms with E-state index in [4.69, 9.17) is 0 Å². The van der Waals surface area contributed by atoms with Crippen molar-refractivity contribution in [2.24, 2.45) is 0 Å². The van der Waals surface area contributed by atoms with Gasteiger partial charge in [-0.15, -0.1) is 0 Å². The standard InChI is InChI=1S/C12H21N3O2/c1-2-11(16)4-3-5-14-6-7-15-10(9-14)8-13-12(15)17/h10H,2-9H2,1H3,(H,13,17). The number of rotatable bonds is 5. The van der Waals surface area contributed by atoms with Crippen LogP contribution in [0.3, 0.4) is 0 Å². The van der Waals surface area contributed by atoms with E-state index in [1.807, 2.05) is 11.8 Å². The monoisotopic (exact) mass is 239 g/mol. The normalized spacial score (nSPS) is 24.6. The summed E-state index contributed by atoms with van der Waals surface area (Å²) >= 11 is 0. The van der Waals surface area contributed by atoms with E-state index in [2.05, 4.69) is 10.2 Å². The van der Waals surface area contributed by atoms with E-state index in [1.54, 1.807) is 0 Å². The van der Waals surface area contributed by atoms with Crippen LogP contribution in [0.25, 0.3) is 0 Å². The quantitative estimate of drug-likeness (QED) is 0.758. The van der Waals surface area contributed by atoms with Gasteiger partial charge in [-0.25, -0.2) is 4.79 Å². The minimum atomic E-state index is 0.0795. The minimum Gasteiger partial charge on any atom is -0.336 e. The largest absolute Gasteiger partial charge is 0.336 e. The van der Waals surface area contributed by atoms with Crippen molar-refractivity contribution in [3.8, 4) is 0 Å². The van der Waals surface area contributed by atoms with Crippen LogP contribution in [0.15, 0.2) is 0 Å². The molecule has 0 saturated carbocycles. The van der Waals surface area contributed by atoms with Crippen molar-refractivity contribution in [2.45, 2.75) is 32.2 Å². The lowest BCUT2D eigenvalue weighted by Crippen LogP contribution is -2.52. The van der Waals surface area contributed by atoms with E-state index in [0.717, 1.165) is 39.1 Å². The molecule has 0 aliphatic carbocycles. The number of carbonyl (C=O) groups is 2. The van der Waals surface area contributed by atoms with E-state index in [9.17, 15) is 9.59 Å².